The third-order valence-electron chi connectivity index (χ3n) is 3.83. The van der Waals surface area contributed by atoms with Gasteiger partial charge in [-0.3, -0.25) is 9.55 Å². The third-order valence-corrected chi connectivity index (χ3v) is 4.44. The second-order valence-corrected chi connectivity index (χ2v) is 6.31. The summed E-state index contributed by atoms with van der Waals surface area (Å²) in [6.45, 7) is 5.56. The van der Waals surface area contributed by atoms with Gasteiger partial charge >= 0.3 is 0 Å². The second kappa shape index (κ2) is 7.12. The molecule has 0 aliphatic carbocycles. The molecule has 3 rings (SSSR count). The number of imidazole rings is 1. The van der Waals surface area contributed by atoms with Crippen LogP contribution in [-0.2, 0) is 6.54 Å². The SMILES string of the molecule is CCCCNc1nc(N)c2nc(Br)n(Cc3cccnc3C)c2n1. The molecule has 126 valence electrons. The second-order valence-electron chi connectivity index (χ2n) is 5.60. The van der Waals surface area contributed by atoms with Gasteiger partial charge in [0, 0.05) is 18.4 Å². The Kier molecular flexibility index (Phi) is 4.94. The van der Waals surface area contributed by atoms with Crippen molar-refractivity contribution in [3.8, 4) is 0 Å². The van der Waals surface area contributed by atoms with Crippen molar-refractivity contribution in [1.82, 2.24) is 24.5 Å². The summed E-state index contributed by atoms with van der Waals surface area (Å²) < 4.78 is 2.65. The minimum Gasteiger partial charge on any atom is -0.382 e. The number of aromatic nitrogens is 5. The van der Waals surface area contributed by atoms with E-state index in [-0.39, 0.29) is 0 Å². The van der Waals surface area contributed by atoms with Crippen LogP contribution in [-0.4, -0.2) is 31.0 Å². The Hall–Kier alpha value is -2.22. The summed E-state index contributed by atoms with van der Waals surface area (Å²) in [6.07, 6.45) is 3.95. The van der Waals surface area contributed by atoms with E-state index in [4.69, 9.17) is 5.73 Å². The molecule has 7 nitrogen and oxygen atoms in total. The highest BCUT2D eigenvalue weighted by molar-refractivity contribution is 9.10. The number of halogens is 1. The first kappa shape index (κ1) is 16.6. The average molecular weight is 390 g/mol. The summed E-state index contributed by atoms with van der Waals surface area (Å²) in [5.74, 6) is 0.909. The molecular weight excluding hydrogens is 370 g/mol. The van der Waals surface area contributed by atoms with Crippen LogP contribution in [0.2, 0.25) is 0 Å². The molecule has 3 N–H and O–H groups in total. The molecule has 3 aromatic rings. The Morgan fingerprint density at radius 2 is 2.12 bits per heavy atom. The van der Waals surface area contributed by atoms with Crippen LogP contribution in [0.15, 0.2) is 23.1 Å². The van der Waals surface area contributed by atoms with Crippen molar-refractivity contribution in [2.45, 2.75) is 33.2 Å². The van der Waals surface area contributed by atoms with E-state index >= 15 is 0 Å². The Bertz CT molecular complexity index is 859. The molecule has 0 atom stereocenters. The number of nitrogens with zero attached hydrogens (tertiary/aromatic N) is 5. The van der Waals surface area contributed by atoms with Crippen molar-refractivity contribution in [3.05, 3.63) is 34.3 Å². The quantitative estimate of drug-likeness (QED) is 0.496. The zero-order chi connectivity index (χ0) is 17.1. The van der Waals surface area contributed by atoms with Crippen molar-refractivity contribution < 1.29 is 0 Å². The van der Waals surface area contributed by atoms with Crippen LogP contribution < -0.4 is 11.1 Å². The first-order valence-electron chi connectivity index (χ1n) is 7.93. The van der Waals surface area contributed by atoms with Gasteiger partial charge < -0.3 is 11.1 Å². The van der Waals surface area contributed by atoms with Crippen molar-refractivity contribution in [2.75, 3.05) is 17.6 Å². The van der Waals surface area contributed by atoms with Gasteiger partial charge in [-0.25, -0.2) is 4.98 Å². The van der Waals surface area contributed by atoms with E-state index in [0.29, 0.717) is 34.2 Å². The number of aryl methyl sites for hydroxylation is 1. The van der Waals surface area contributed by atoms with E-state index in [2.05, 4.69) is 48.1 Å². The fourth-order valence-corrected chi connectivity index (χ4v) is 2.92. The number of fused-ring (bicyclic) bond motifs is 1. The summed E-state index contributed by atoms with van der Waals surface area (Å²) in [4.78, 5) is 17.7. The molecule has 0 bridgehead atoms. The largest absolute Gasteiger partial charge is 0.382 e. The van der Waals surface area contributed by atoms with E-state index in [1.54, 1.807) is 6.20 Å². The highest BCUT2D eigenvalue weighted by Crippen LogP contribution is 2.25. The summed E-state index contributed by atoms with van der Waals surface area (Å²) >= 11 is 3.50. The van der Waals surface area contributed by atoms with E-state index < -0.39 is 0 Å². The molecule has 0 saturated heterocycles. The lowest BCUT2D eigenvalue weighted by atomic mass is 10.2. The normalized spacial score (nSPS) is 11.1. The zero-order valence-electron chi connectivity index (χ0n) is 13.8. The Balaban J connectivity index is 2.00. The smallest absolute Gasteiger partial charge is 0.226 e. The first-order valence-corrected chi connectivity index (χ1v) is 8.73. The Morgan fingerprint density at radius 3 is 2.88 bits per heavy atom. The molecule has 24 heavy (non-hydrogen) atoms. The highest BCUT2D eigenvalue weighted by atomic mass is 79.9. The van der Waals surface area contributed by atoms with Gasteiger partial charge in [-0.15, -0.1) is 0 Å². The molecular formula is C16H20BrN7. The number of hydrogen-bond acceptors (Lipinski definition) is 6. The van der Waals surface area contributed by atoms with E-state index in [0.717, 1.165) is 30.6 Å². The molecule has 0 spiro atoms. The molecule has 8 heteroatoms. The minimum atomic E-state index is 0.376. The van der Waals surface area contributed by atoms with Gasteiger partial charge in [-0.2, -0.15) is 9.97 Å². The van der Waals surface area contributed by atoms with Crippen LogP contribution >= 0.6 is 15.9 Å². The molecule has 0 aromatic carbocycles. The summed E-state index contributed by atoms with van der Waals surface area (Å²) in [6, 6.07) is 3.97. The standard InChI is InChI=1S/C16H20BrN7/c1-3-4-7-20-16-22-13(18)12-14(23-16)24(15(17)21-12)9-11-6-5-8-19-10(11)2/h5-6,8H,3-4,7,9H2,1-2H3,(H3,18,20,22,23). The number of pyridine rings is 1. The topological polar surface area (TPSA) is 94.5 Å². The number of unbranched alkanes of at least 4 members (excludes halogenated alkanes) is 1. The van der Waals surface area contributed by atoms with Gasteiger partial charge in [0.2, 0.25) is 5.95 Å². The predicted molar refractivity (Wildman–Crippen MR) is 98.9 cm³/mol. The van der Waals surface area contributed by atoms with Crippen molar-refractivity contribution in [3.63, 3.8) is 0 Å². The molecule has 0 unspecified atom stereocenters. The van der Waals surface area contributed by atoms with Crippen LogP contribution in [0, 0.1) is 6.92 Å². The van der Waals surface area contributed by atoms with Crippen molar-refractivity contribution >= 4 is 38.9 Å². The van der Waals surface area contributed by atoms with Crippen LogP contribution in [0.3, 0.4) is 0 Å². The van der Waals surface area contributed by atoms with Gasteiger partial charge in [0.25, 0.3) is 0 Å². The summed E-state index contributed by atoms with van der Waals surface area (Å²) in [7, 11) is 0. The zero-order valence-corrected chi connectivity index (χ0v) is 15.3. The molecule has 0 saturated carbocycles. The fraction of sp³-hybridized carbons (Fsp3) is 0.375. The lowest BCUT2D eigenvalue weighted by Crippen LogP contribution is -2.09. The maximum atomic E-state index is 6.07. The van der Waals surface area contributed by atoms with Gasteiger partial charge in [0.15, 0.2) is 21.7 Å². The summed E-state index contributed by atoms with van der Waals surface area (Å²) in [5.41, 5.74) is 9.46. The number of nitrogen functional groups attached to an aromatic ring is 1. The van der Waals surface area contributed by atoms with Gasteiger partial charge in [-0.1, -0.05) is 19.4 Å². The Labute approximate surface area is 148 Å². The number of rotatable bonds is 6. The maximum absolute atomic E-state index is 6.07. The third kappa shape index (κ3) is 3.33. The molecule has 3 heterocycles. The van der Waals surface area contributed by atoms with E-state index in [1.807, 2.05) is 23.6 Å². The fourth-order valence-electron chi connectivity index (χ4n) is 2.45. The number of anilines is 2. The van der Waals surface area contributed by atoms with E-state index in [1.165, 1.54) is 0 Å². The van der Waals surface area contributed by atoms with Crippen molar-refractivity contribution in [2.24, 2.45) is 0 Å². The lowest BCUT2D eigenvalue weighted by molar-refractivity contribution is 0.778. The van der Waals surface area contributed by atoms with Gasteiger partial charge in [-0.05, 0) is 40.9 Å². The maximum Gasteiger partial charge on any atom is 0.226 e. The number of nitrogens with one attached hydrogen (secondary N) is 1. The molecule has 0 fully saturated rings. The van der Waals surface area contributed by atoms with Gasteiger partial charge in [0.05, 0.1) is 6.54 Å². The average Bonchev–Trinajstić information content (AvgIpc) is 2.87. The minimum absolute atomic E-state index is 0.376. The first-order chi connectivity index (χ1) is 11.6. The molecule has 0 amide bonds. The molecule has 0 aliphatic rings. The molecule has 0 radical (unpaired) electrons. The van der Waals surface area contributed by atoms with Gasteiger partial charge in [0.1, 0.15) is 0 Å². The van der Waals surface area contributed by atoms with E-state index in [9.17, 15) is 0 Å². The van der Waals surface area contributed by atoms with Crippen LogP contribution in [0.5, 0.6) is 0 Å². The number of nitrogens with two attached hydrogens (primary N) is 1. The Morgan fingerprint density at radius 1 is 1.29 bits per heavy atom. The van der Waals surface area contributed by atoms with Crippen LogP contribution in [0.1, 0.15) is 31.0 Å². The molecule has 0 aliphatic heterocycles. The summed E-state index contributed by atoms with van der Waals surface area (Å²) in [5, 5.41) is 3.22. The predicted octanol–water partition coefficient (Wildman–Crippen LogP) is 3.13. The van der Waals surface area contributed by atoms with Crippen LogP contribution in [0.25, 0.3) is 11.2 Å². The lowest BCUT2D eigenvalue weighted by Gasteiger charge is -2.09. The van der Waals surface area contributed by atoms with Crippen LogP contribution in [0.4, 0.5) is 11.8 Å². The highest BCUT2D eigenvalue weighted by Gasteiger charge is 2.16. The molecule has 3 aromatic heterocycles. The monoisotopic (exact) mass is 389 g/mol. The van der Waals surface area contributed by atoms with Crippen molar-refractivity contribution in [1.29, 1.82) is 0 Å². The number of hydrogen-bond donors (Lipinski definition) is 2.